The lowest BCUT2D eigenvalue weighted by Crippen LogP contribution is -2.14. The number of hydrogen-bond acceptors (Lipinski definition) is 5. The van der Waals surface area contributed by atoms with E-state index in [1.807, 2.05) is 60.7 Å². The number of nitrogens with zero attached hydrogens (tertiary/aromatic N) is 3. The normalized spacial score (nSPS) is 10.8. The van der Waals surface area contributed by atoms with Crippen molar-refractivity contribution in [3.63, 3.8) is 0 Å². The largest absolute Gasteiger partial charge is 0.423 e. The summed E-state index contributed by atoms with van der Waals surface area (Å²) in [5.41, 5.74) is 2.22. The summed E-state index contributed by atoms with van der Waals surface area (Å²) in [4.78, 5) is 28.8. The molecule has 0 atom stereocenters. The highest BCUT2D eigenvalue weighted by molar-refractivity contribution is 6.02. The molecule has 1 amide bonds. The first-order valence-electron chi connectivity index (χ1n) is 9.60. The fourth-order valence-electron chi connectivity index (χ4n) is 3.27. The van der Waals surface area contributed by atoms with Crippen LogP contribution >= 0.6 is 0 Å². The molecule has 0 saturated carbocycles. The summed E-state index contributed by atoms with van der Waals surface area (Å²) in [6.45, 7) is 0. The highest BCUT2D eigenvalue weighted by Gasteiger charge is 2.19. The monoisotopic (exact) mass is 408 g/mol. The maximum Gasteiger partial charge on any atom is 0.336 e. The molecule has 0 aliphatic heterocycles. The zero-order valence-corrected chi connectivity index (χ0v) is 16.2. The van der Waals surface area contributed by atoms with Crippen LogP contribution in [0, 0.1) is 0 Å². The van der Waals surface area contributed by atoms with Gasteiger partial charge < -0.3 is 9.73 Å². The Kier molecular flexibility index (Phi) is 4.61. The SMILES string of the molecule is O=C(Nc1ccc2oc(=O)ccc2c1)c1nc(-c2ccccc2)n(-c2ccccc2)n1. The molecule has 5 aromatic rings. The summed E-state index contributed by atoms with van der Waals surface area (Å²) < 4.78 is 6.78. The molecule has 0 aliphatic rings. The van der Waals surface area contributed by atoms with Crippen molar-refractivity contribution in [2.75, 3.05) is 5.32 Å². The lowest BCUT2D eigenvalue weighted by molar-refractivity contribution is 0.101. The molecule has 5 rings (SSSR count). The average molecular weight is 408 g/mol. The fraction of sp³-hybridized carbons (Fsp3) is 0. The standard InChI is InChI=1S/C24H16N4O3/c29-21-14-11-17-15-18(12-13-20(17)31-21)25-24(30)22-26-23(16-7-3-1-4-8-16)28(27-22)19-9-5-2-6-10-19/h1-15H,(H,25,30). The van der Waals surface area contributed by atoms with Gasteiger partial charge in [0.1, 0.15) is 5.58 Å². The molecule has 0 radical (unpaired) electrons. The number of aromatic nitrogens is 3. The quantitative estimate of drug-likeness (QED) is 0.448. The van der Waals surface area contributed by atoms with E-state index < -0.39 is 11.5 Å². The van der Waals surface area contributed by atoms with Gasteiger partial charge in [-0.2, -0.15) is 0 Å². The van der Waals surface area contributed by atoms with Crippen LogP contribution in [-0.4, -0.2) is 20.7 Å². The lowest BCUT2D eigenvalue weighted by atomic mass is 10.2. The van der Waals surface area contributed by atoms with Gasteiger partial charge in [0.2, 0.25) is 5.82 Å². The molecule has 3 aromatic carbocycles. The fourth-order valence-corrected chi connectivity index (χ4v) is 3.27. The number of carbonyl (C=O) groups is 1. The van der Waals surface area contributed by atoms with Gasteiger partial charge in [0.25, 0.3) is 5.91 Å². The second-order valence-electron chi connectivity index (χ2n) is 6.83. The summed E-state index contributed by atoms with van der Waals surface area (Å²) in [7, 11) is 0. The second-order valence-corrected chi connectivity index (χ2v) is 6.83. The van der Waals surface area contributed by atoms with Crippen LogP contribution in [0.5, 0.6) is 0 Å². The van der Waals surface area contributed by atoms with Crippen LogP contribution in [0.3, 0.4) is 0 Å². The van der Waals surface area contributed by atoms with Gasteiger partial charge in [-0.25, -0.2) is 14.5 Å². The van der Waals surface area contributed by atoms with Crippen molar-refractivity contribution < 1.29 is 9.21 Å². The minimum absolute atomic E-state index is 0.0439. The van der Waals surface area contributed by atoms with Gasteiger partial charge in [-0.15, -0.1) is 5.10 Å². The number of para-hydroxylation sites is 1. The maximum atomic E-state index is 12.9. The first-order valence-corrected chi connectivity index (χ1v) is 9.60. The Labute approximate surface area is 176 Å². The predicted molar refractivity (Wildman–Crippen MR) is 117 cm³/mol. The van der Waals surface area contributed by atoms with Crippen molar-refractivity contribution in [1.29, 1.82) is 0 Å². The zero-order chi connectivity index (χ0) is 21.2. The maximum absolute atomic E-state index is 12.9. The Morgan fingerprint density at radius 3 is 2.39 bits per heavy atom. The smallest absolute Gasteiger partial charge is 0.336 e. The minimum atomic E-state index is -0.441. The minimum Gasteiger partial charge on any atom is -0.423 e. The third-order valence-electron chi connectivity index (χ3n) is 4.72. The third-order valence-corrected chi connectivity index (χ3v) is 4.72. The molecule has 0 saturated heterocycles. The first-order chi connectivity index (χ1) is 15.2. The highest BCUT2D eigenvalue weighted by atomic mass is 16.4. The molecule has 31 heavy (non-hydrogen) atoms. The Morgan fingerprint density at radius 2 is 1.61 bits per heavy atom. The van der Waals surface area contributed by atoms with Crippen LogP contribution < -0.4 is 10.9 Å². The van der Waals surface area contributed by atoms with Gasteiger partial charge in [-0.1, -0.05) is 48.5 Å². The van der Waals surface area contributed by atoms with Crippen molar-refractivity contribution in [2.24, 2.45) is 0 Å². The summed E-state index contributed by atoms with van der Waals surface area (Å²) >= 11 is 0. The topological polar surface area (TPSA) is 90.0 Å². The van der Waals surface area contributed by atoms with E-state index in [9.17, 15) is 9.59 Å². The van der Waals surface area contributed by atoms with Gasteiger partial charge in [-0.05, 0) is 36.4 Å². The van der Waals surface area contributed by atoms with Gasteiger partial charge >= 0.3 is 5.63 Å². The van der Waals surface area contributed by atoms with Gasteiger partial charge in [-0.3, -0.25) is 4.79 Å². The van der Waals surface area contributed by atoms with Gasteiger partial charge in [0.15, 0.2) is 5.82 Å². The van der Waals surface area contributed by atoms with Crippen LogP contribution in [0.2, 0.25) is 0 Å². The van der Waals surface area contributed by atoms with E-state index >= 15 is 0 Å². The number of hydrogen-bond donors (Lipinski definition) is 1. The van der Waals surface area contributed by atoms with E-state index in [1.165, 1.54) is 6.07 Å². The number of amides is 1. The Hall–Kier alpha value is -4.52. The molecular weight excluding hydrogens is 392 g/mol. The highest BCUT2D eigenvalue weighted by Crippen LogP contribution is 2.22. The first kappa shape index (κ1) is 18.5. The molecule has 2 heterocycles. The predicted octanol–water partition coefficient (Wildman–Crippen LogP) is 4.29. The van der Waals surface area contributed by atoms with Crippen molar-refractivity contribution in [3.8, 4) is 17.1 Å². The molecule has 7 heteroatoms. The van der Waals surface area contributed by atoms with E-state index in [4.69, 9.17) is 4.42 Å². The van der Waals surface area contributed by atoms with Crippen LogP contribution in [0.4, 0.5) is 5.69 Å². The molecule has 150 valence electrons. The number of benzene rings is 3. The van der Waals surface area contributed by atoms with E-state index in [1.54, 1.807) is 28.9 Å². The molecular formula is C24H16N4O3. The van der Waals surface area contributed by atoms with Crippen LogP contribution in [0.15, 0.2) is 100 Å². The van der Waals surface area contributed by atoms with E-state index in [0.717, 1.165) is 11.3 Å². The lowest BCUT2D eigenvalue weighted by Gasteiger charge is -2.05. The molecule has 0 spiro atoms. The molecule has 0 unspecified atom stereocenters. The molecule has 0 fully saturated rings. The third kappa shape index (κ3) is 3.72. The number of nitrogens with one attached hydrogen (secondary N) is 1. The molecule has 1 N–H and O–H groups in total. The van der Waals surface area contributed by atoms with Crippen molar-refractivity contribution in [3.05, 3.63) is 107 Å². The number of anilines is 1. The molecule has 2 aromatic heterocycles. The van der Waals surface area contributed by atoms with E-state index in [0.29, 0.717) is 22.5 Å². The molecule has 7 nitrogen and oxygen atoms in total. The van der Waals surface area contributed by atoms with Crippen LogP contribution in [0.1, 0.15) is 10.6 Å². The number of fused-ring (bicyclic) bond motifs is 1. The summed E-state index contributed by atoms with van der Waals surface area (Å²) in [5.74, 6) is 0.170. The van der Waals surface area contributed by atoms with Crippen LogP contribution in [0.25, 0.3) is 28.0 Å². The summed E-state index contributed by atoms with van der Waals surface area (Å²) in [6, 6.07) is 27.1. The Balaban J connectivity index is 1.51. The van der Waals surface area contributed by atoms with E-state index in [2.05, 4.69) is 15.4 Å². The van der Waals surface area contributed by atoms with Gasteiger partial charge in [0, 0.05) is 22.7 Å². The van der Waals surface area contributed by atoms with Gasteiger partial charge in [0.05, 0.1) is 5.69 Å². The van der Waals surface area contributed by atoms with Crippen molar-refractivity contribution >= 4 is 22.6 Å². The molecule has 0 bridgehead atoms. The Morgan fingerprint density at radius 1 is 0.871 bits per heavy atom. The van der Waals surface area contributed by atoms with Crippen LogP contribution in [-0.2, 0) is 0 Å². The number of carbonyl (C=O) groups excluding carboxylic acids is 1. The van der Waals surface area contributed by atoms with Crippen molar-refractivity contribution in [1.82, 2.24) is 14.8 Å². The Bertz CT molecular complexity index is 1380. The summed E-state index contributed by atoms with van der Waals surface area (Å²) in [6.07, 6.45) is 0. The molecule has 0 aliphatic carbocycles. The van der Waals surface area contributed by atoms with Crippen molar-refractivity contribution in [2.45, 2.75) is 0 Å². The average Bonchev–Trinajstić information content (AvgIpc) is 3.26. The number of rotatable bonds is 4. The second kappa shape index (κ2) is 7.72. The zero-order valence-electron chi connectivity index (χ0n) is 16.2. The van der Waals surface area contributed by atoms with E-state index in [-0.39, 0.29) is 5.82 Å². The summed E-state index contributed by atoms with van der Waals surface area (Å²) in [5, 5.41) is 7.97.